The summed E-state index contributed by atoms with van der Waals surface area (Å²) in [7, 11) is 0. The van der Waals surface area contributed by atoms with Crippen molar-refractivity contribution in [2.75, 3.05) is 39.3 Å². The first-order valence-corrected chi connectivity index (χ1v) is 19.3. The molecular weight excluding hydrogens is 693 g/mol. The highest BCUT2D eigenvalue weighted by atomic mass is 32.2. The van der Waals surface area contributed by atoms with Crippen molar-refractivity contribution in [1.29, 1.82) is 0 Å². The number of aromatic nitrogens is 2. The average molecular weight is 741 g/mol. The van der Waals surface area contributed by atoms with Crippen LogP contribution in [0.4, 0.5) is 4.79 Å². The third-order valence-electron chi connectivity index (χ3n) is 9.70. The first kappa shape index (κ1) is 37.8. The number of rotatable bonds is 10. The Morgan fingerprint density at radius 3 is 2.25 bits per heavy atom. The van der Waals surface area contributed by atoms with E-state index in [9.17, 15) is 24.0 Å². The summed E-state index contributed by atoms with van der Waals surface area (Å²) in [6, 6.07) is 21.0. The first-order chi connectivity index (χ1) is 25.4. The van der Waals surface area contributed by atoms with Gasteiger partial charge in [0.15, 0.2) is 5.16 Å². The van der Waals surface area contributed by atoms with Gasteiger partial charge in [-0.15, -0.1) is 0 Å². The van der Waals surface area contributed by atoms with E-state index in [1.807, 2.05) is 99.3 Å². The van der Waals surface area contributed by atoms with Gasteiger partial charge in [-0.2, -0.15) is 0 Å². The molecule has 0 saturated carbocycles. The van der Waals surface area contributed by atoms with Crippen LogP contribution < -0.4 is 10.9 Å². The molecule has 3 heterocycles. The lowest BCUT2D eigenvalue weighted by molar-refractivity contribution is -0.135. The lowest BCUT2D eigenvalue weighted by Gasteiger charge is -2.35. The molecule has 13 heteroatoms. The number of carbonyl (C=O) groups is 4. The zero-order valence-corrected chi connectivity index (χ0v) is 31.7. The monoisotopic (exact) mass is 740 g/mol. The number of hydrogen-bond acceptors (Lipinski definition) is 8. The summed E-state index contributed by atoms with van der Waals surface area (Å²) in [5.41, 5.74) is 0.657. The summed E-state index contributed by atoms with van der Waals surface area (Å²) in [4.78, 5) is 76.5. The number of carbonyl (C=O) groups excluding carboxylic acids is 4. The average Bonchev–Trinajstić information content (AvgIpc) is 3.63. The number of ether oxygens (including phenoxy) is 1. The van der Waals surface area contributed by atoms with Gasteiger partial charge in [0, 0.05) is 64.7 Å². The molecule has 4 amide bonds. The second kappa shape index (κ2) is 16.4. The van der Waals surface area contributed by atoms with E-state index in [0.29, 0.717) is 55.3 Å². The van der Waals surface area contributed by atoms with Gasteiger partial charge in [-0.05, 0) is 69.0 Å². The van der Waals surface area contributed by atoms with Crippen LogP contribution in [0.1, 0.15) is 64.2 Å². The zero-order chi connectivity index (χ0) is 37.7. The van der Waals surface area contributed by atoms with Gasteiger partial charge in [0.2, 0.25) is 17.7 Å². The normalized spacial score (nSPS) is 16.9. The standard InChI is InChI=1S/C40H48N6O6S/c1-5-45-36(49)31-24-28-14-9-10-15-29(28)25-32(31)42-38(45)53-35(27-12-7-6-8-13-27)37(50)46-19-11-16-30(46)26-41-33(47)17-18-34(48)43-20-22-44(23-21-43)39(51)52-40(2,3)4/h6-10,12-15,24-25,30,35H,5,11,16-23,26H2,1-4H3,(H,41,47)/t30-,35?/m1/s1. The van der Waals surface area contributed by atoms with E-state index >= 15 is 0 Å². The van der Waals surface area contributed by atoms with E-state index in [2.05, 4.69) is 5.32 Å². The molecule has 2 aliphatic heterocycles. The van der Waals surface area contributed by atoms with Crippen LogP contribution in [0.2, 0.25) is 0 Å². The molecule has 12 nitrogen and oxygen atoms in total. The molecule has 0 aliphatic carbocycles. The molecule has 1 N–H and O–H groups in total. The van der Waals surface area contributed by atoms with Gasteiger partial charge in [0.05, 0.1) is 10.9 Å². The van der Waals surface area contributed by atoms with Crippen molar-refractivity contribution in [3.63, 3.8) is 0 Å². The Morgan fingerprint density at radius 1 is 0.906 bits per heavy atom. The predicted octanol–water partition coefficient (Wildman–Crippen LogP) is 5.37. The highest BCUT2D eigenvalue weighted by Gasteiger charge is 2.36. The summed E-state index contributed by atoms with van der Waals surface area (Å²) < 4.78 is 7.07. The second-order valence-electron chi connectivity index (χ2n) is 14.5. The number of benzene rings is 3. The molecule has 2 aliphatic rings. The van der Waals surface area contributed by atoms with Crippen LogP contribution in [-0.4, -0.2) is 99.0 Å². The Balaban J connectivity index is 1.09. The summed E-state index contributed by atoms with van der Waals surface area (Å²) in [5, 5.41) is 5.26. The van der Waals surface area contributed by atoms with Crippen LogP contribution in [0.3, 0.4) is 0 Å². The third-order valence-corrected chi connectivity index (χ3v) is 10.9. The van der Waals surface area contributed by atoms with Gasteiger partial charge in [-0.25, -0.2) is 9.78 Å². The summed E-state index contributed by atoms with van der Waals surface area (Å²) in [5.74, 6) is -0.488. The largest absolute Gasteiger partial charge is 0.444 e. The Kier molecular flexibility index (Phi) is 11.7. The number of thioether (sulfide) groups is 1. The molecule has 3 aromatic carbocycles. The molecule has 0 radical (unpaired) electrons. The van der Waals surface area contributed by atoms with E-state index in [1.54, 1.807) is 14.4 Å². The molecule has 280 valence electrons. The zero-order valence-electron chi connectivity index (χ0n) is 30.9. The fourth-order valence-electron chi connectivity index (χ4n) is 6.90. The molecule has 2 saturated heterocycles. The minimum absolute atomic E-state index is 0.0335. The van der Waals surface area contributed by atoms with E-state index in [4.69, 9.17) is 9.72 Å². The number of nitrogens with zero attached hydrogens (tertiary/aromatic N) is 5. The van der Waals surface area contributed by atoms with E-state index in [0.717, 1.165) is 29.2 Å². The summed E-state index contributed by atoms with van der Waals surface area (Å²) in [6.45, 7) is 10.1. The SMILES string of the molecule is CCn1c(SC(C(=O)N2CCC[C@@H]2CNC(=O)CCC(=O)N2CCN(C(=O)OC(C)(C)C)CC2)c2ccccc2)nc2cc3ccccc3cc2c1=O. The fraction of sp³-hybridized carbons (Fsp3) is 0.450. The quantitative estimate of drug-likeness (QED) is 0.130. The molecular formula is C40H48N6O6S. The van der Waals surface area contributed by atoms with Crippen LogP contribution in [0.5, 0.6) is 0 Å². The Hall–Kier alpha value is -4.91. The van der Waals surface area contributed by atoms with Gasteiger partial charge in [-0.3, -0.25) is 23.7 Å². The maximum atomic E-state index is 14.4. The van der Waals surface area contributed by atoms with Crippen molar-refractivity contribution < 1.29 is 23.9 Å². The molecule has 6 rings (SSSR count). The second-order valence-corrected chi connectivity index (χ2v) is 15.6. The smallest absolute Gasteiger partial charge is 0.410 e. The number of likely N-dealkylation sites (tertiary alicyclic amines) is 1. The van der Waals surface area contributed by atoms with Crippen molar-refractivity contribution in [2.45, 2.75) is 82.0 Å². The number of nitrogens with one attached hydrogen (secondary N) is 1. The van der Waals surface area contributed by atoms with Crippen LogP contribution in [0, 0.1) is 0 Å². The topological polar surface area (TPSA) is 134 Å². The summed E-state index contributed by atoms with van der Waals surface area (Å²) >= 11 is 1.28. The van der Waals surface area contributed by atoms with Gasteiger partial charge in [0.1, 0.15) is 10.9 Å². The van der Waals surface area contributed by atoms with Crippen molar-refractivity contribution in [3.8, 4) is 0 Å². The lowest BCUT2D eigenvalue weighted by Crippen LogP contribution is -2.51. The molecule has 4 aromatic rings. The Labute approximate surface area is 313 Å². The molecule has 1 aromatic heterocycles. The van der Waals surface area contributed by atoms with E-state index in [1.165, 1.54) is 11.8 Å². The van der Waals surface area contributed by atoms with Crippen molar-refractivity contribution >= 4 is 57.3 Å². The van der Waals surface area contributed by atoms with Crippen LogP contribution in [0.15, 0.2) is 76.7 Å². The minimum Gasteiger partial charge on any atom is -0.444 e. The van der Waals surface area contributed by atoms with Crippen molar-refractivity contribution in [3.05, 3.63) is 82.6 Å². The molecule has 2 atom stereocenters. The Morgan fingerprint density at radius 2 is 1.57 bits per heavy atom. The van der Waals surface area contributed by atoms with Crippen LogP contribution in [-0.2, 0) is 25.7 Å². The van der Waals surface area contributed by atoms with Gasteiger partial charge in [0.25, 0.3) is 5.56 Å². The number of amides is 4. The fourth-order valence-corrected chi connectivity index (χ4v) is 8.13. The predicted molar refractivity (Wildman–Crippen MR) is 206 cm³/mol. The molecule has 2 fully saturated rings. The maximum absolute atomic E-state index is 14.4. The lowest BCUT2D eigenvalue weighted by atomic mass is 10.1. The molecule has 53 heavy (non-hydrogen) atoms. The number of fused-ring (bicyclic) bond motifs is 2. The van der Waals surface area contributed by atoms with Gasteiger partial charge >= 0.3 is 6.09 Å². The van der Waals surface area contributed by atoms with Crippen molar-refractivity contribution in [2.24, 2.45) is 0 Å². The highest BCUT2D eigenvalue weighted by Crippen LogP contribution is 2.38. The van der Waals surface area contributed by atoms with E-state index in [-0.39, 0.29) is 48.7 Å². The number of piperazine rings is 1. The molecule has 1 unspecified atom stereocenters. The minimum atomic E-state index is -0.663. The first-order valence-electron chi connectivity index (χ1n) is 18.4. The highest BCUT2D eigenvalue weighted by molar-refractivity contribution is 8.00. The van der Waals surface area contributed by atoms with Crippen molar-refractivity contribution in [1.82, 2.24) is 29.6 Å². The maximum Gasteiger partial charge on any atom is 0.410 e. The van der Waals surface area contributed by atoms with Crippen LogP contribution in [0.25, 0.3) is 21.7 Å². The summed E-state index contributed by atoms with van der Waals surface area (Å²) in [6.07, 6.45) is 1.24. The van der Waals surface area contributed by atoms with E-state index < -0.39 is 16.9 Å². The van der Waals surface area contributed by atoms with Crippen LogP contribution >= 0.6 is 11.8 Å². The number of hydrogen-bond donors (Lipinski definition) is 1. The molecule has 0 bridgehead atoms. The van der Waals surface area contributed by atoms with Gasteiger partial charge in [-0.1, -0.05) is 66.4 Å². The molecule has 0 spiro atoms. The van der Waals surface area contributed by atoms with Gasteiger partial charge < -0.3 is 24.8 Å². The third kappa shape index (κ3) is 9.01. The Bertz CT molecular complexity index is 2040.